The first-order chi connectivity index (χ1) is 11.5. The van der Waals surface area contributed by atoms with Crippen molar-refractivity contribution in [2.24, 2.45) is 0 Å². The van der Waals surface area contributed by atoms with E-state index in [-0.39, 0.29) is 17.4 Å². The molecule has 3 nitrogen and oxygen atoms in total. The van der Waals surface area contributed by atoms with Crippen LogP contribution in [0.5, 0.6) is 0 Å². The number of urea groups is 1. The topological polar surface area (TPSA) is 41.1 Å². The van der Waals surface area contributed by atoms with Crippen LogP contribution in [0.15, 0.2) is 42.5 Å². The fourth-order valence-electron chi connectivity index (χ4n) is 2.68. The van der Waals surface area contributed by atoms with E-state index in [9.17, 15) is 9.18 Å². The molecule has 0 bridgehead atoms. The van der Waals surface area contributed by atoms with E-state index in [0.717, 1.165) is 24.0 Å². The molecule has 3 rings (SSSR count). The van der Waals surface area contributed by atoms with Gasteiger partial charge in [0.2, 0.25) is 0 Å². The molecule has 1 aliphatic carbocycles. The maximum atomic E-state index is 13.0. The van der Waals surface area contributed by atoms with E-state index in [2.05, 4.69) is 10.6 Å². The molecule has 0 saturated heterocycles. The molecule has 0 atom stereocenters. The first-order valence-corrected chi connectivity index (χ1v) is 8.50. The second-order valence-corrected chi connectivity index (χ2v) is 6.80. The number of rotatable bonds is 5. The summed E-state index contributed by atoms with van der Waals surface area (Å²) in [6, 6.07) is 11.3. The summed E-state index contributed by atoms with van der Waals surface area (Å²) in [5.41, 5.74) is 1.50. The van der Waals surface area contributed by atoms with Crippen molar-refractivity contribution in [2.75, 3.05) is 6.54 Å². The highest BCUT2D eigenvalue weighted by Crippen LogP contribution is 2.45. The van der Waals surface area contributed by atoms with E-state index in [0.29, 0.717) is 23.0 Å². The monoisotopic (exact) mass is 366 g/mol. The highest BCUT2D eigenvalue weighted by molar-refractivity contribution is 6.35. The van der Waals surface area contributed by atoms with Crippen LogP contribution >= 0.6 is 23.2 Å². The quantitative estimate of drug-likeness (QED) is 0.793. The van der Waals surface area contributed by atoms with Gasteiger partial charge in [-0.25, -0.2) is 9.18 Å². The van der Waals surface area contributed by atoms with Gasteiger partial charge in [0.05, 0.1) is 5.54 Å². The Bertz CT molecular complexity index is 745. The maximum absolute atomic E-state index is 13.0. The Kier molecular flexibility index (Phi) is 4.97. The van der Waals surface area contributed by atoms with Gasteiger partial charge in [-0.05, 0) is 54.7 Å². The van der Waals surface area contributed by atoms with Crippen LogP contribution in [0, 0.1) is 5.82 Å². The van der Waals surface area contributed by atoms with Crippen LogP contribution in [0.2, 0.25) is 10.0 Å². The summed E-state index contributed by atoms with van der Waals surface area (Å²) in [5, 5.41) is 7.00. The zero-order chi connectivity index (χ0) is 17.2. The number of halogens is 3. The minimum atomic E-state index is -0.365. The van der Waals surface area contributed by atoms with Crippen molar-refractivity contribution in [3.05, 3.63) is 69.5 Å². The molecule has 6 heteroatoms. The van der Waals surface area contributed by atoms with Gasteiger partial charge in [-0.3, -0.25) is 0 Å². The summed E-state index contributed by atoms with van der Waals surface area (Å²) >= 11 is 12.0. The summed E-state index contributed by atoms with van der Waals surface area (Å²) in [6.07, 6.45) is 2.33. The van der Waals surface area contributed by atoms with Crippen molar-refractivity contribution in [3.8, 4) is 0 Å². The van der Waals surface area contributed by atoms with Crippen LogP contribution in [0.25, 0.3) is 0 Å². The number of amides is 2. The number of hydrogen-bond acceptors (Lipinski definition) is 1. The van der Waals surface area contributed by atoms with Gasteiger partial charge in [-0.1, -0.05) is 41.4 Å². The molecule has 126 valence electrons. The number of hydrogen-bond donors (Lipinski definition) is 2. The molecule has 2 aromatic rings. The molecule has 2 N–H and O–H groups in total. The van der Waals surface area contributed by atoms with Crippen molar-refractivity contribution < 1.29 is 9.18 Å². The van der Waals surface area contributed by atoms with Gasteiger partial charge in [0.1, 0.15) is 5.82 Å². The highest BCUT2D eigenvalue weighted by Gasteiger charge is 2.45. The minimum Gasteiger partial charge on any atom is -0.338 e. The lowest BCUT2D eigenvalue weighted by atomic mass is 10.1. The van der Waals surface area contributed by atoms with E-state index in [4.69, 9.17) is 23.2 Å². The third-order valence-electron chi connectivity index (χ3n) is 4.19. The van der Waals surface area contributed by atoms with E-state index >= 15 is 0 Å². The first-order valence-electron chi connectivity index (χ1n) is 7.74. The van der Waals surface area contributed by atoms with Crippen molar-refractivity contribution in [1.82, 2.24) is 10.6 Å². The van der Waals surface area contributed by atoms with Gasteiger partial charge in [0, 0.05) is 16.6 Å². The Morgan fingerprint density at radius 2 is 1.83 bits per heavy atom. The number of carbonyl (C=O) groups is 1. The van der Waals surface area contributed by atoms with Crippen molar-refractivity contribution >= 4 is 29.2 Å². The van der Waals surface area contributed by atoms with Crippen LogP contribution in [0.1, 0.15) is 24.0 Å². The molecule has 1 fully saturated rings. The Labute approximate surface area is 150 Å². The Morgan fingerprint density at radius 3 is 2.46 bits per heavy atom. The molecule has 2 amide bonds. The van der Waals surface area contributed by atoms with Crippen LogP contribution in [-0.2, 0) is 12.0 Å². The average Bonchev–Trinajstić information content (AvgIpc) is 3.30. The summed E-state index contributed by atoms with van der Waals surface area (Å²) in [6.45, 7) is 0.465. The second-order valence-electron chi connectivity index (χ2n) is 5.96. The van der Waals surface area contributed by atoms with Gasteiger partial charge < -0.3 is 10.6 Å². The lowest BCUT2D eigenvalue weighted by molar-refractivity contribution is 0.236. The zero-order valence-electron chi connectivity index (χ0n) is 12.9. The standard InChI is InChI=1S/C18H17Cl2FN2O/c19-14-4-1-12(16(20)11-14)7-10-22-17(24)23-18(8-9-18)13-2-5-15(21)6-3-13/h1-6,11H,7-10H2,(H2,22,23,24). The second kappa shape index (κ2) is 6.99. The third kappa shape index (κ3) is 4.00. The molecule has 0 heterocycles. The summed E-state index contributed by atoms with van der Waals surface area (Å²) < 4.78 is 13.0. The molecule has 0 aliphatic heterocycles. The lowest BCUT2D eigenvalue weighted by Gasteiger charge is -2.18. The van der Waals surface area contributed by atoms with Crippen molar-refractivity contribution in [3.63, 3.8) is 0 Å². The number of carbonyl (C=O) groups excluding carboxylic acids is 1. The number of nitrogens with one attached hydrogen (secondary N) is 2. The molecule has 0 radical (unpaired) electrons. The first kappa shape index (κ1) is 17.1. The Hall–Kier alpha value is -1.78. The molecule has 24 heavy (non-hydrogen) atoms. The number of benzene rings is 2. The SMILES string of the molecule is O=C(NCCc1ccc(Cl)cc1Cl)NC1(c2ccc(F)cc2)CC1. The predicted octanol–water partition coefficient (Wildman–Crippen LogP) is 4.66. The highest BCUT2D eigenvalue weighted by atomic mass is 35.5. The van der Waals surface area contributed by atoms with Crippen LogP contribution in [-0.4, -0.2) is 12.6 Å². The molecule has 1 aliphatic rings. The molecule has 0 unspecified atom stereocenters. The molecule has 0 spiro atoms. The van der Waals surface area contributed by atoms with Gasteiger partial charge in [-0.15, -0.1) is 0 Å². The summed E-state index contributed by atoms with van der Waals surface area (Å²) in [7, 11) is 0. The maximum Gasteiger partial charge on any atom is 0.315 e. The van der Waals surface area contributed by atoms with Crippen LogP contribution in [0.3, 0.4) is 0 Å². The van der Waals surface area contributed by atoms with Gasteiger partial charge in [-0.2, -0.15) is 0 Å². The predicted molar refractivity (Wildman–Crippen MR) is 94.0 cm³/mol. The largest absolute Gasteiger partial charge is 0.338 e. The average molecular weight is 367 g/mol. The minimum absolute atomic E-state index is 0.234. The van der Waals surface area contributed by atoms with E-state index in [1.165, 1.54) is 12.1 Å². The van der Waals surface area contributed by atoms with Gasteiger partial charge in [0.15, 0.2) is 0 Å². The molecule has 2 aromatic carbocycles. The Morgan fingerprint density at radius 1 is 1.12 bits per heavy atom. The smallest absolute Gasteiger partial charge is 0.315 e. The Balaban J connectivity index is 1.52. The molecular formula is C18H17Cl2FN2O. The molecular weight excluding hydrogens is 350 g/mol. The van der Waals surface area contributed by atoms with Gasteiger partial charge in [0.25, 0.3) is 0 Å². The van der Waals surface area contributed by atoms with Gasteiger partial charge >= 0.3 is 6.03 Å². The van der Waals surface area contributed by atoms with E-state index in [1.54, 1.807) is 24.3 Å². The summed E-state index contributed by atoms with van der Waals surface area (Å²) in [5.74, 6) is -0.279. The fourth-order valence-corrected chi connectivity index (χ4v) is 3.18. The normalized spacial score (nSPS) is 15.0. The van der Waals surface area contributed by atoms with Crippen LogP contribution < -0.4 is 10.6 Å². The molecule has 0 aromatic heterocycles. The third-order valence-corrected chi connectivity index (χ3v) is 4.78. The lowest BCUT2D eigenvalue weighted by Crippen LogP contribution is -2.42. The summed E-state index contributed by atoms with van der Waals surface area (Å²) in [4.78, 5) is 12.1. The van der Waals surface area contributed by atoms with Crippen LogP contribution in [0.4, 0.5) is 9.18 Å². The van der Waals surface area contributed by atoms with Crippen molar-refractivity contribution in [1.29, 1.82) is 0 Å². The van der Waals surface area contributed by atoms with Crippen molar-refractivity contribution in [2.45, 2.75) is 24.8 Å². The van der Waals surface area contributed by atoms with E-state index in [1.807, 2.05) is 6.07 Å². The fraction of sp³-hybridized carbons (Fsp3) is 0.278. The molecule has 1 saturated carbocycles. The van der Waals surface area contributed by atoms with E-state index < -0.39 is 0 Å². The zero-order valence-corrected chi connectivity index (χ0v) is 14.4.